The molecule has 0 bridgehead atoms. The number of ether oxygens (including phenoxy) is 4. The van der Waals surface area contributed by atoms with Crippen LogP contribution in [-0.2, 0) is 25.5 Å². The van der Waals surface area contributed by atoms with Crippen LogP contribution in [0.15, 0.2) is 30.3 Å². The maximum atomic E-state index is 13.3. The number of rotatable bonds is 8. The van der Waals surface area contributed by atoms with Gasteiger partial charge in [0.25, 0.3) is 0 Å². The monoisotopic (exact) mass is 393 g/mol. The van der Waals surface area contributed by atoms with E-state index in [1.54, 1.807) is 4.90 Å². The summed E-state index contributed by atoms with van der Waals surface area (Å²) in [4.78, 5) is 15.1. The average Bonchev–Trinajstić information content (AvgIpc) is 2.66. The van der Waals surface area contributed by atoms with Gasteiger partial charge in [-0.05, 0) is 53.0 Å². The average molecular weight is 394 g/mol. The van der Waals surface area contributed by atoms with Crippen molar-refractivity contribution < 1.29 is 23.7 Å². The van der Waals surface area contributed by atoms with E-state index in [1.165, 1.54) is 0 Å². The van der Waals surface area contributed by atoms with Gasteiger partial charge in [0.2, 0.25) is 0 Å². The Hall–Kier alpha value is -1.63. The van der Waals surface area contributed by atoms with Crippen LogP contribution in [-0.4, -0.2) is 54.9 Å². The second-order valence-electron chi connectivity index (χ2n) is 8.01. The van der Waals surface area contributed by atoms with Gasteiger partial charge in [0.05, 0.1) is 0 Å². The van der Waals surface area contributed by atoms with Crippen molar-refractivity contribution in [2.24, 2.45) is 0 Å². The van der Waals surface area contributed by atoms with E-state index in [1.807, 2.05) is 65.0 Å². The van der Waals surface area contributed by atoms with E-state index >= 15 is 0 Å². The fourth-order valence-electron chi connectivity index (χ4n) is 3.51. The molecule has 1 heterocycles. The minimum atomic E-state index is -0.650. The van der Waals surface area contributed by atoms with Crippen LogP contribution in [0.4, 0.5) is 4.79 Å². The quantitative estimate of drug-likeness (QED) is 0.614. The zero-order valence-corrected chi connectivity index (χ0v) is 17.9. The number of hydrogen-bond donors (Lipinski definition) is 0. The van der Waals surface area contributed by atoms with Crippen LogP contribution < -0.4 is 0 Å². The zero-order chi connectivity index (χ0) is 20.6. The molecule has 1 aliphatic heterocycles. The number of hydrogen-bond acceptors (Lipinski definition) is 5. The summed E-state index contributed by atoms with van der Waals surface area (Å²) in [5.41, 5.74) is -0.209. The van der Waals surface area contributed by atoms with Crippen LogP contribution in [0.1, 0.15) is 53.0 Å². The standard InChI is InChI=1S/C22H35NO5/c1-6-26-19(27-7-2)22(13-15-25-16-14-22)23(20(24)28-21(3,4)5)17-18-11-9-8-10-12-18/h8-12,19H,6-7,13-17H2,1-5H3. The van der Waals surface area contributed by atoms with Crippen molar-refractivity contribution in [1.29, 1.82) is 0 Å². The van der Waals surface area contributed by atoms with Gasteiger partial charge in [-0.25, -0.2) is 4.79 Å². The van der Waals surface area contributed by atoms with E-state index in [9.17, 15) is 4.79 Å². The number of nitrogens with zero attached hydrogens (tertiary/aromatic N) is 1. The van der Waals surface area contributed by atoms with Crippen LogP contribution in [0.3, 0.4) is 0 Å². The fourth-order valence-corrected chi connectivity index (χ4v) is 3.51. The first-order chi connectivity index (χ1) is 13.3. The predicted octanol–water partition coefficient (Wildman–Crippen LogP) is 4.37. The molecule has 1 aromatic rings. The molecule has 0 unspecified atom stereocenters. The van der Waals surface area contributed by atoms with E-state index < -0.39 is 17.4 Å². The lowest BCUT2D eigenvalue weighted by Crippen LogP contribution is -2.63. The molecule has 6 nitrogen and oxygen atoms in total. The molecule has 0 spiro atoms. The first-order valence-electron chi connectivity index (χ1n) is 10.2. The molecule has 0 atom stereocenters. The maximum Gasteiger partial charge on any atom is 0.411 e. The predicted molar refractivity (Wildman–Crippen MR) is 108 cm³/mol. The van der Waals surface area contributed by atoms with Gasteiger partial charge >= 0.3 is 6.09 Å². The molecule has 0 aliphatic carbocycles. The molecule has 0 aromatic heterocycles. The third kappa shape index (κ3) is 5.93. The SMILES string of the molecule is CCOC(OCC)C1(N(Cc2ccccc2)C(=O)OC(C)(C)C)CCOCC1. The molecule has 1 aliphatic rings. The minimum Gasteiger partial charge on any atom is -0.444 e. The largest absolute Gasteiger partial charge is 0.444 e. The van der Waals surface area contributed by atoms with Crippen LogP contribution in [0.5, 0.6) is 0 Å². The summed E-state index contributed by atoms with van der Waals surface area (Å²) in [5.74, 6) is 0. The fraction of sp³-hybridized carbons (Fsp3) is 0.682. The summed E-state index contributed by atoms with van der Waals surface area (Å²) in [6, 6.07) is 9.94. The molecule has 28 heavy (non-hydrogen) atoms. The Bertz CT molecular complexity index is 587. The van der Waals surface area contributed by atoms with E-state index in [0.29, 0.717) is 45.8 Å². The Kier molecular flexibility index (Phi) is 8.28. The van der Waals surface area contributed by atoms with Gasteiger partial charge in [0, 0.05) is 33.0 Å². The van der Waals surface area contributed by atoms with Gasteiger partial charge in [0.1, 0.15) is 11.1 Å². The minimum absolute atomic E-state index is 0.359. The first-order valence-corrected chi connectivity index (χ1v) is 10.2. The third-order valence-corrected chi connectivity index (χ3v) is 4.77. The smallest absolute Gasteiger partial charge is 0.411 e. The second-order valence-corrected chi connectivity index (χ2v) is 8.01. The first kappa shape index (κ1) is 22.7. The molecule has 6 heteroatoms. The molecule has 1 saturated heterocycles. The van der Waals surface area contributed by atoms with Crippen molar-refractivity contribution in [3.63, 3.8) is 0 Å². The van der Waals surface area contributed by atoms with E-state index in [-0.39, 0.29) is 6.09 Å². The zero-order valence-electron chi connectivity index (χ0n) is 17.9. The Balaban J connectivity index is 2.45. The number of carbonyl (C=O) groups is 1. The molecule has 0 radical (unpaired) electrons. The van der Waals surface area contributed by atoms with Crippen LogP contribution in [0.25, 0.3) is 0 Å². The summed E-state index contributed by atoms with van der Waals surface area (Å²) in [6.07, 6.45) is 0.360. The summed E-state index contributed by atoms with van der Waals surface area (Å²) < 4.78 is 23.4. The van der Waals surface area contributed by atoms with Gasteiger partial charge in [-0.15, -0.1) is 0 Å². The summed E-state index contributed by atoms with van der Waals surface area (Å²) in [6.45, 7) is 12.0. The van der Waals surface area contributed by atoms with Crippen LogP contribution >= 0.6 is 0 Å². The van der Waals surface area contributed by atoms with Crippen molar-refractivity contribution in [2.45, 2.75) is 71.4 Å². The second kappa shape index (κ2) is 10.2. The number of carbonyl (C=O) groups excluding carboxylic acids is 1. The summed E-state index contributed by atoms with van der Waals surface area (Å²) in [7, 11) is 0. The van der Waals surface area contributed by atoms with Crippen molar-refractivity contribution >= 4 is 6.09 Å². The third-order valence-electron chi connectivity index (χ3n) is 4.77. The highest BCUT2D eigenvalue weighted by Gasteiger charge is 2.50. The van der Waals surface area contributed by atoms with E-state index in [0.717, 1.165) is 5.56 Å². The summed E-state index contributed by atoms with van der Waals surface area (Å²) >= 11 is 0. The molecule has 1 aromatic carbocycles. The van der Waals surface area contributed by atoms with Gasteiger partial charge in [-0.2, -0.15) is 0 Å². The Morgan fingerprint density at radius 1 is 1.11 bits per heavy atom. The lowest BCUT2D eigenvalue weighted by atomic mass is 9.86. The Morgan fingerprint density at radius 3 is 2.18 bits per heavy atom. The van der Waals surface area contributed by atoms with Crippen molar-refractivity contribution in [2.75, 3.05) is 26.4 Å². The van der Waals surface area contributed by atoms with Crippen molar-refractivity contribution in [3.8, 4) is 0 Å². The molecule has 0 N–H and O–H groups in total. The molecule has 158 valence electrons. The van der Waals surface area contributed by atoms with Crippen molar-refractivity contribution in [1.82, 2.24) is 4.90 Å². The molecule has 1 fully saturated rings. The molecule has 2 rings (SSSR count). The van der Waals surface area contributed by atoms with Gasteiger partial charge in [-0.1, -0.05) is 30.3 Å². The highest BCUT2D eigenvalue weighted by Crippen LogP contribution is 2.36. The van der Waals surface area contributed by atoms with E-state index in [4.69, 9.17) is 18.9 Å². The highest BCUT2D eigenvalue weighted by atomic mass is 16.7. The maximum absolute atomic E-state index is 13.3. The molecular weight excluding hydrogens is 358 g/mol. The summed E-state index contributed by atoms with van der Waals surface area (Å²) in [5, 5.41) is 0. The normalized spacial score (nSPS) is 16.8. The van der Waals surface area contributed by atoms with Gasteiger partial charge in [-0.3, -0.25) is 4.90 Å². The lowest BCUT2D eigenvalue weighted by Gasteiger charge is -2.49. The van der Waals surface area contributed by atoms with Crippen molar-refractivity contribution in [3.05, 3.63) is 35.9 Å². The van der Waals surface area contributed by atoms with Gasteiger partial charge in [0.15, 0.2) is 6.29 Å². The number of benzene rings is 1. The van der Waals surface area contributed by atoms with Crippen LogP contribution in [0.2, 0.25) is 0 Å². The molecule has 0 saturated carbocycles. The Labute approximate surface area is 169 Å². The van der Waals surface area contributed by atoms with Crippen LogP contribution in [0, 0.1) is 0 Å². The number of amides is 1. The molecule has 1 amide bonds. The van der Waals surface area contributed by atoms with Gasteiger partial charge < -0.3 is 18.9 Å². The topological polar surface area (TPSA) is 57.2 Å². The molecular formula is C22H35NO5. The lowest BCUT2D eigenvalue weighted by molar-refractivity contribution is -0.227. The van der Waals surface area contributed by atoms with E-state index in [2.05, 4.69) is 0 Å². The Morgan fingerprint density at radius 2 is 1.68 bits per heavy atom. The highest BCUT2D eigenvalue weighted by molar-refractivity contribution is 5.69.